The van der Waals surface area contributed by atoms with E-state index in [0.717, 1.165) is 22.0 Å². The molecule has 0 aliphatic heterocycles. The normalized spacial score (nSPS) is 12.6. The highest BCUT2D eigenvalue weighted by atomic mass is 16.2. The minimum absolute atomic E-state index is 0.212. The minimum Gasteiger partial charge on any atom is -0.324 e. The maximum Gasteiger partial charge on any atom is 0.245 e. The first-order valence-electron chi connectivity index (χ1n) is 9.00. The Kier molecular flexibility index (Phi) is 3.56. The zero-order valence-corrected chi connectivity index (χ0v) is 14.6. The molecule has 5 aromatic carbocycles. The van der Waals surface area contributed by atoms with Gasteiger partial charge in [-0.15, -0.1) is 0 Å². The topological polar surface area (TPSA) is 55.1 Å². The summed E-state index contributed by atoms with van der Waals surface area (Å²) in [6, 6.07) is 27.5. The Hall–Kier alpha value is -3.43. The van der Waals surface area contributed by atoms with Crippen molar-refractivity contribution in [2.75, 3.05) is 5.32 Å². The molecular weight excluding hydrogens is 332 g/mol. The molecular formula is C24H18N2O. The molecule has 0 aromatic heterocycles. The molecule has 0 bridgehead atoms. The van der Waals surface area contributed by atoms with Crippen molar-refractivity contribution in [2.45, 2.75) is 6.04 Å². The summed E-state index contributed by atoms with van der Waals surface area (Å²) in [4.78, 5) is 12.8. The molecule has 0 heterocycles. The Morgan fingerprint density at radius 3 is 2.19 bits per heavy atom. The lowest BCUT2D eigenvalue weighted by Crippen LogP contribution is -2.27. The molecule has 0 saturated heterocycles. The number of hydrogen-bond acceptors (Lipinski definition) is 2. The molecule has 0 unspecified atom stereocenters. The zero-order chi connectivity index (χ0) is 18.4. The maximum absolute atomic E-state index is 12.8. The van der Waals surface area contributed by atoms with Crippen LogP contribution in [0.3, 0.4) is 0 Å². The van der Waals surface area contributed by atoms with Crippen molar-refractivity contribution in [2.24, 2.45) is 5.73 Å². The van der Waals surface area contributed by atoms with Crippen molar-refractivity contribution in [3.05, 3.63) is 90.5 Å². The summed E-state index contributed by atoms with van der Waals surface area (Å²) in [7, 11) is 0. The first-order chi connectivity index (χ1) is 13.2. The third kappa shape index (κ3) is 2.52. The van der Waals surface area contributed by atoms with Crippen molar-refractivity contribution in [1.82, 2.24) is 0 Å². The molecule has 27 heavy (non-hydrogen) atoms. The summed E-state index contributed by atoms with van der Waals surface area (Å²) in [5, 5.41) is 9.98. The Morgan fingerprint density at radius 1 is 0.741 bits per heavy atom. The molecule has 0 aliphatic rings. The lowest BCUT2D eigenvalue weighted by atomic mass is 9.93. The van der Waals surface area contributed by atoms with E-state index in [1.807, 2.05) is 48.5 Å². The van der Waals surface area contributed by atoms with Crippen LogP contribution in [0.5, 0.6) is 0 Å². The molecule has 3 nitrogen and oxygen atoms in total. The molecule has 3 N–H and O–H groups in total. The van der Waals surface area contributed by atoms with E-state index in [9.17, 15) is 4.79 Å². The summed E-state index contributed by atoms with van der Waals surface area (Å²) in [5.41, 5.74) is 7.78. The van der Waals surface area contributed by atoms with E-state index in [4.69, 9.17) is 5.73 Å². The number of anilines is 1. The van der Waals surface area contributed by atoms with E-state index in [2.05, 4.69) is 41.7 Å². The van der Waals surface area contributed by atoms with Gasteiger partial charge in [0.15, 0.2) is 0 Å². The molecule has 1 amide bonds. The molecule has 0 fully saturated rings. The Morgan fingerprint density at radius 2 is 1.41 bits per heavy atom. The molecule has 5 aromatic rings. The summed E-state index contributed by atoms with van der Waals surface area (Å²) < 4.78 is 0. The highest BCUT2D eigenvalue weighted by molar-refractivity contribution is 6.26. The second-order valence-electron chi connectivity index (χ2n) is 6.85. The molecule has 0 saturated carbocycles. The van der Waals surface area contributed by atoms with Gasteiger partial charge in [-0.25, -0.2) is 0 Å². The van der Waals surface area contributed by atoms with Gasteiger partial charge in [0, 0.05) is 11.1 Å². The average molecular weight is 350 g/mol. The number of nitrogens with one attached hydrogen (secondary N) is 1. The molecule has 130 valence electrons. The monoisotopic (exact) mass is 350 g/mol. The number of amides is 1. The van der Waals surface area contributed by atoms with Gasteiger partial charge < -0.3 is 11.1 Å². The van der Waals surface area contributed by atoms with Crippen LogP contribution in [0.15, 0.2) is 84.9 Å². The summed E-state index contributed by atoms with van der Waals surface area (Å²) in [6.45, 7) is 0. The van der Waals surface area contributed by atoms with Crippen molar-refractivity contribution in [1.29, 1.82) is 0 Å². The highest BCUT2D eigenvalue weighted by Crippen LogP contribution is 2.38. The van der Waals surface area contributed by atoms with Crippen LogP contribution < -0.4 is 11.1 Å². The predicted octanol–water partition coefficient (Wildman–Crippen LogP) is 5.22. The smallest absolute Gasteiger partial charge is 0.245 e. The fourth-order valence-electron chi connectivity index (χ4n) is 3.89. The Balaban J connectivity index is 1.66. The van der Waals surface area contributed by atoms with Crippen LogP contribution in [-0.2, 0) is 4.79 Å². The standard InChI is InChI=1S/C24H18N2O/c25-23(17-6-2-1-3-7-17)24(27)26-20-14-18-10-4-8-15-12-13-16-9-5-11-19(20)22(16)21(15)18/h1-14,23H,25H2,(H,26,27)/t23-/m0/s1. The van der Waals surface area contributed by atoms with Crippen molar-refractivity contribution in [3.63, 3.8) is 0 Å². The van der Waals surface area contributed by atoms with Crippen molar-refractivity contribution >= 4 is 43.9 Å². The van der Waals surface area contributed by atoms with E-state index in [1.54, 1.807) is 0 Å². The van der Waals surface area contributed by atoms with Crippen LogP contribution in [0, 0.1) is 0 Å². The third-order valence-electron chi connectivity index (χ3n) is 5.21. The fraction of sp³-hybridized carbons (Fsp3) is 0.0417. The van der Waals surface area contributed by atoms with Gasteiger partial charge in [-0.3, -0.25) is 4.79 Å². The summed E-state index contributed by atoms with van der Waals surface area (Å²) in [6.07, 6.45) is 0. The second-order valence-corrected chi connectivity index (χ2v) is 6.85. The first kappa shape index (κ1) is 15.8. The number of hydrogen-bond donors (Lipinski definition) is 2. The number of benzene rings is 5. The highest BCUT2D eigenvalue weighted by Gasteiger charge is 2.18. The van der Waals surface area contributed by atoms with Gasteiger partial charge >= 0.3 is 0 Å². The predicted molar refractivity (Wildman–Crippen MR) is 112 cm³/mol. The molecule has 5 rings (SSSR count). The lowest BCUT2D eigenvalue weighted by molar-refractivity contribution is -0.117. The summed E-state index contributed by atoms with van der Waals surface area (Å²) >= 11 is 0. The average Bonchev–Trinajstić information content (AvgIpc) is 2.72. The molecule has 0 aliphatic carbocycles. The van der Waals surface area contributed by atoms with Crippen molar-refractivity contribution < 1.29 is 4.79 Å². The second kappa shape index (κ2) is 6.08. The van der Waals surface area contributed by atoms with Crippen LogP contribution in [0.25, 0.3) is 32.3 Å². The van der Waals surface area contributed by atoms with E-state index in [-0.39, 0.29) is 5.91 Å². The number of rotatable bonds is 3. The van der Waals surface area contributed by atoms with Crippen LogP contribution in [0.4, 0.5) is 5.69 Å². The van der Waals surface area contributed by atoms with Gasteiger partial charge in [0.05, 0.1) is 0 Å². The van der Waals surface area contributed by atoms with Crippen LogP contribution in [0.1, 0.15) is 11.6 Å². The van der Waals surface area contributed by atoms with Crippen LogP contribution in [0.2, 0.25) is 0 Å². The Labute approximate surface area is 156 Å². The SMILES string of the molecule is N[C@H](C(=O)Nc1cc2cccc3ccc4cccc1c4c32)c1ccccc1. The van der Waals surface area contributed by atoms with Crippen LogP contribution >= 0.6 is 0 Å². The van der Waals surface area contributed by atoms with Gasteiger partial charge in [0.2, 0.25) is 5.91 Å². The van der Waals surface area contributed by atoms with E-state index in [0.29, 0.717) is 0 Å². The van der Waals surface area contributed by atoms with E-state index in [1.165, 1.54) is 21.5 Å². The van der Waals surface area contributed by atoms with Gasteiger partial charge in [-0.1, -0.05) is 78.9 Å². The van der Waals surface area contributed by atoms with Gasteiger partial charge in [0.25, 0.3) is 0 Å². The number of carbonyl (C=O) groups excluding carboxylic acids is 1. The minimum atomic E-state index is -0.709. The maximum atomic E-state index is 12.8. The molecule has 0 radical (unpaired) electrons. The third-order valence-corrected chi connectivity index (χ3v) is 5.21. The van der Waals surface area contributed by atoms with Gasteiger partial charge in [0.1, 0.15) is 6.04 Å². The van der Waals surface area contributed by atoms with Gasteiger partial charge in [-0.05, 0) is 38.6 Å². The fourth-order valence-corrected chi connectivity index (χ4v) is 3.89. The molecule has 1 atom stereocenters. The van der Waals surface area contributed by atoms with Crippen molar-refractivity contribution in [3.8, 4) is 0 Å². The van der Waals surface area contributed by atoms with Gasteiger partial charge in [-0.2, -0.15) is 0 Å². The number of nitrogens with two attached hydrogens (primary N) is 1. The molecule has 3 heteroatoms. The Bertz CT molecular complexity index is 1280. The quantitative estimate of drug-likeness (QED) is 0.438. The molecule has 0 spiro atoms. The zero-order valence-electron chi connectivity index (χ0n) is 14.6. The lowest BCUT2D eigenvalue weighted by Gasteiger charge is -2.17. The number of carbonyl (C=O) groups is 1. The first-order valence-corrected chi connectivity index (χ1v) is 9.00. The van der Waals surface area contributed by atoms with E-state index < -0.39 is 6.04 Å². The largest absolute Gasteiger partial charge is 0.324 e. The van der Waals surface area contributed by atoms with E-state index >= 15 is 0 Å². The van der Waals surface area contributed by atoms with Crippen LogP contribution in [-0.4, -0.2) is 5.91 Å². The summed E-state index contributed by atoms with van der Waals surface area (Å²) in [5.74, 6) is -0.212.